The molecule has 1 N–H and O–H groups in total. The molecule has 0 aliphatic carbocycles. The highest BCUT2D eigenvalue weighted by atomic mass is 35.5. The van der Waals surface area contributed by atoms with E-state index < -0.39 is 0 Å². The predicted octanol–water partition coefficient (Wildman–Crippen LogP) is 4.72. The Morgan fingerprint density at radius 2 is 1.54 bits per heavy atom. The molecular formula is C20H21ClN2O. The SMILES string of the molecule is Clc1ccc(C(ON=C2CC3CCC(C2)N3)c2ccccc2)cc1. The molecule has 3 nitrogen and oxygen atoms in total. The van der Waals surface area contributed by atoms with Crippen LogP contribution in [0.4, 0.5) is 0 Å². The van der Waals surface area contributed by atoms with Crippen molar-refractivity contribution in [3.8, 4) is 0 Å². The number of hydrogen-bond donors (Lipinski definition) is 1. The van der Waals surface area contributed by atoms with E-state index in [-0.39, 0.29) is 6.10 Å². The van der Waals surface area contributed by atoms with Crippen LogP contribution < -0.4 is 5.32 Å². The molecule has 0 aromatic heterocycles. The molecule has 4 heteroatoms. The van der Waals surface area contributed by atoms with Gasteiger partial charge in [-0.3, -0.25) is 0 Å². The molecule has 0 saturated carbocycles. The Labute approximate surface area is 147 Å². The number of oxime groups is 1. The molecule has 0 spiro atoms. The van der Waals surface area contributed by atoms with E-state index in [0.717, 1.165) is 29.0 Å². The van der Waals surface area contributed by atoms with Crippen LogP contribution in [-0.4, -0.2) is 17.8 Å². The minimum absolute atomic E-state index is 0.205. The van der Waals surface area contributed by atoms with Crippen LogP contribution in [-0.2, 0) is 4.84 Å². The van der Waals surface area contributed by atoms with Gasteiger partial charge in [-0.2, -0.15) is 0 Å². The molecule has 2 aromatic carbocycles. The summed E-state index contributed by atoms with van der Waals surface area (Å²) in [5.74, 6) is 0. The quantitative estimate of drug-likeness (QED) is 0.817. The van der Waals surface area contributed by atoms with E-state index in [1.54, 1.807) is 0 Å². The molecule has 2 saturated heterocycles. The second-order valence-electron chi connectivity index (χ2n) is 6.65. The fourth-order valence-corrected chi connectivity index (χ4v) is 3.78. The third kappa shape index (κ3) is 3.47. The average molecular weight is 341 g/mol. The minimum atomic E-state index is -0.205. The zero-order valence-electron chi connectivity index (χ0n) is 13.5. The average Bonchev–Trinajstić information content (AvgIpc) is 2.96. The van der Waals surface area contributed by atoms with Gasteiger partial charge in [0.15, 0.2) is 6.10 Å². The number of fused-ring (bicyclic) bond motifs is 2. The van der Waals surface area contributed by atoms with Crippen LogP contribution in [0.5, 0.6) is 0 Å². The molecule has 2 bridgehead atoms. The highest BCUT2D eigenvalue weighted by Crippen LogP contribution is 2.29. The largest absolute Gasteiger partial charge is 0.383 e. The minimum Gasteiger partial charge on any atom is -0.383 e. The van der Waals surface area contributed by atoms with Crippen molar-refractivity contribution >= 4 is 17.3 Å². The van der Waals surface area contributed by atoms with E-state index in [4.69, 9.17) is 16.4 Å². The summed E-state index contributed by atoms with van der Waals surface area (Å²) in [5.41, 5.74) is 3.34. The lowest BCUT2D eigenvalue weighted by atomic mass is 10.0. The van der Waals surface area contributed by atoms with Crippen LogP contribution in [0, 0.1) is 0 Å². The molecule has 4 rings (SSSR count). The van der Waals surface area contributed by atoms with Gasteiger partial charge < -0.3 is 10.2 Å². The molecule has 2 aliphatic rings. The van der Waals surface area contributed by atoms with Crippen molar-refractivity contribution in [1.82, 2.24) is 5.32 Å². The topological polar surface area (TPSA) is 33.6 Å². The Balaban J connectivity index is 1.57. The molecule has 24 heavy (non-hydrogen) atoms. The first kappa shape index (κ1) is 15.7. The maximum Gasteiger partial charge on any atom is 0.177 e. The van der Waals surface area contributed by atoms with Crippen molar-refractivity contribution in [2.45, 2.75) is 43.9 Å². The van der Waals surface area contributed by atoms with E-state index in [1.807, 2.05) is 42.5 Å². The maximum absolute atomic E-state index is 6.04. The normalized spacial score (nSPS) is 23.8. The van der Waals surface area contributed by atoms with E-state index in [1.165, 1.54) is 18.6 Å². The maximum atomic E-state index is 6.04. The van der Waals surface area contributed by atoms with Gasteiger partial charge in [0.1, 0.15) is 0 Å². The van der Waals surface area contributed by atoms with Gasteiger partial charge in [-0.1, -0.05) is 59.2 Å². The zero-order chi connectivity index (χ0) is 16.4. The highest BCUT2D eigenvalue weighted by molar-refractivity contribution is 6.30. The van der Waals surface area contributed by atoms with Crippen molar-refractivity contribution in [3.05, 3.63) is 70.7 Å². The Bertz CT molecular complexity index is 700. The molecule has 2 heterocycles. The Hall–Kier alpha value is -1.84. The van der Waals surface area contributed by atoms with Crippen LogP contribution in [0.3, 0.4) is 0 Å². The summed E-state index contributed by atoms with van der Waals surface area (Å²) in [4.78, 5) is 6.04. The van der Waals surface area contributed by atoms with Crippen LogP contribution in [0.25, 0.3) is 0 Å². The van der Waals surface area contributed by atoms with Crippen molar-refractivity contribution in [3.63, 3.8) is 0 Å². The first-order valence-corrected chi connectivity index (χ1v) is 8.94. The van der Waals surface area contributed by atoms with Gasteiger partial charge in [-0.05, 0) is 36.1 Å². The van der Waals surface area contributed by atoms with Gasteiger partial charge in [0.05, 0.1) is 5.71 Å². The van der Waals surface area contributed by atoms with Crippen LogP contribution in [0.1, 0.15) is 42.9 Å². The summed E-state index contributed by atoms with van der Waals surface area (Å²) >= 11 is 6.02. The first-order chi connectivity index (χ1) is 11.8. The van der Waals surface area contributed by atoms with Gasteiger partial charge >= 0.3 is 0 Å². The molecule has 2 aromatic rings. The number of halogens is 1. The third-order valence-corrected chi connectivity index (χ3v) is 5.11. The zero-order valence-corrected chi connectivity index (χ0v) is 14.2. The fourth-order valence-electron chi connectivity index (χ4n) is 3.66. The third-order valence-electron chi connectivity index (χ3n) is 4.86. The number of piperidine rings is 1. The van der Waals surface area contributed by atoms with Crippen molar-refractivity contribution < 1.29 is 4.84 Å². The number of nitrogens with one attached hydrogen (secondary N) is 1. The Kier molecular flexibility index (Phi) is 4.54. The summed E-state index contributed by atoms with van der Waals surface area (Å²) in [6, 6.07) is 19.2. The summed E-state index contributed by atoms with van der Waals surface area (Å²) < 4.78 is 0. The second-order valence-corrected chi connectivity index (χ2v) is 7.09. The summed E-state index contributed by atoms with van der Waals surface area (Å²) in [6.45, 7) is 0. The van der Waals surface area contributed by atoms with Gasteiger partial charge in [0.25, 0.3) is 0 Å². The fraction of sp³-hybridized carbons (Fsp3) is 0.350. The molecule has 0 radical (unpaired) electrons. The molecular weight excluding hydrogens is 320 g/mol. The van der Waals surface area contributed by atoms with Gasteiger partial charge in [0, 0.05) is 29.9 Å². The van der Waals surface area contributed by atoms with Crippen LogP contribution in [0.2, 0.25) is 5.02 Å². The standard InChI is InChI=1S/C20H21ClN2O/c21-16-8-6-15(7-9-16)20(14-4-2-1-3-5-14)24-23-19-12-17-10-11-18(13-19)22-17/h1-9,17-18,20,22H,10-13H2. The number of nitrogens with zero attached hydrogens (tertiary/aromatic N) is 1. The lowest BCUT2D eigenvalue weighted by Gasteiger charge is -2.23. The molecule has 124 valence electrons. The van der Waals surface area contributed by atoms with E-state index in [9.17, 15) is 0 Å². The van der Waals surface area contributed by atoms with Gasteiger partial charge in [-0.25, -0.2) is 0 Å². The molecule has 3 atom stereocenters. The van der Waals surface area contributed by atoms with Crippen LogP contribution in [0.15, 0.2) is 59.8 Å². The second kappa shape index (κ2) is 6.96. The van der Waals surface area contributed by atoms with E-state index in [0.29, 0.717) is 12.1 Å². The summed E-state index contributed by atoms with van der Waals surface area (Å²) in [7, 11) is 0. The summed E-state index contributed by atoms with van der Waals surface area (Å²) in [6.07, 6.45) is 4.30. The monoisotopic (exact) mass is 340 g/mol. The number of rotatable bonds is 4. The lowest BCUT2D eigenvalue weighted by Crippen LogP contribution is -2.38. The molecule has 3 unspecified atom stereocenters. The number of hydrogen-bond acceptors (Lipinski definition) is 3. The van der Waals surface area contributed by atoms with E-state index >= 15 is 0 Å². The lowest BCUT2D eigenvalue weighted by molar-refractivity contribution is 0.0857. The first-order valence-electron chi connectivity index (χ1n) is 8.56. The highest BCUT2D eigenvalue weighted by Gasteiger charge is 2.31. The van der Waals surface area contributed by atoms with Crippen LogP contribution >= 0.6 is 11.6 Å². The van der Waals surface area contributed by atoms with Gasteiger partial charge in [-0.15, -0.1) is 0 Å². The molecule has 2 aliphatic heterocycles. The Morgan fingerprint density at radius 3 is 2.21 bits per heavy atom. The van der Waals surface area contributed by atoms with Crippen molar-refractivity contribution in [2.75, 3.05) is 0 Å². The van der Waals surface area contributed by atoms with E-state index in [2.05, 4.69) is 22.6 Å². The molecule has 2 fully saturated rings. The van der Waals surface area contributed by atoms with Crippen molar-refractivity contribution in [1.29, 1.82) is 0 Å². The predicted molar refractivity (Wildman–Crippen MR) is 97.4 cm³/mol. The van der Waals surface area contributed by atoms with Gasteiger partial charge in [0.2, 0.25) is 0 Å². The smallest absolute Gasteiger partial charge is 0.177 e. The van der Waals surface area contributed by atoms with Crippen molar-refractivity contribution in [2.24, 2.45) is 5.16 Å². The Morgan fingerprint density at radius 1 is 0.917 bits per heavy atom. The number of benzene rings is 2. The summed E-state index contributed by atoms with van der Waals surface area (Å²) in [5, 5.41) is 8.90. The molecule has 0 amide bonds.